The van der Waals surface area contributed by atoms with Crippen LogP contribution in [0.1, 0.15) is 20.3 Å². The molecule has 1 unspecified atom stereocenters. The highest BCUT2D eigenvalue weighted by Gasteiger charge is 2.37. The molecular weight excluding hydrogens is 376 g/mol. The Labute approximate surface area is 178 Å². The quantitative estimate of drug-likeness (QED) is 0.720. The van der Waals surface area contributed by atoms with Gasteiger partial charge in [0.25, 0.3) is 0 Å². The Morgan fingerprint density at radius 1 is 1.20 bits per heavy atom. The molecule has 2 atom stereocenters. The van der Waals surface area contributed by atoms with Crippen LogP contribution in [0, 0.1) is 11.3 Å². The first-order valence-corrected chi connectivity index (χ1v) is 11.1. The SMILES string of the molecule is CC1(C)CNCCC1CN1CCN2c3cc(-c4ccccc4O)nnc3NC[C@H]2C1. The highest BCUT2D eigenvalue weighted by atomic mass is 16.3. The number of fused-ring (bicyclic) bond motifs is 3. The van der Waals surface area contributed by atoms with Crippen LogP contribution in [-0.2, 0) is 0 Å². The lowest BCUT2D eigenvalue weighted by atomic mass is 9.74. The lowest BCUT2D eigenvalue weighted by Gasteiger charge is -2.48. The normalized spacial score (nSPS) is 25.9. The summed E-state index contributed by atoms with van der Waals surface area (Å²) < 4.78 is 0. The molecule has 0 aliphatic carbocycles. The molecule has 0 bridgehead atoms. The van der Waals surface area contributed by atoms with E-state index < -0.39 is 0 Å². The van der Waals surface area contributed by atoms with Gasteiger partial charge in [0.1, 0.15) is 5.75 Å². The molecule has 3 N–H and O–H groups in total. The number of para-hydroxylation sites is 1. The van der Waals surface area contributed by atoms with Gasteiger partial charge in [-0.3, -0.25) is 4.90 Å². The van der Waals surface area contributed by atoms with Crippen LogP contribution in [0.25, 0.3) is 11.3 Å². The second-order valence-corrected chi connectivity index (χ2v) is 9.62. The third-order valence-corrected chi connectivity index (χ3v) is 7.17. The molecule has 5 rings (SSSR count). The Kier molecular flexibility index (Phi) is 5.03. The first-order valence-electron chi connectivity index (χ1n) is 11.1. The molecule has 2 aromatic rings. The molecular formula is C23H32N6O. The van der Waals surface area contributed by atoms with E-state index in [0.29, 0.717) is 17.2 Å². The Hall–Kier alpha value is -2.38. The minimum Gasteiger partial charge on any atom is -0.507 e. The summed E-state index contributed by atoms with van der Waals surface area (Å²) in [6.07, 6.45) is 1.26. The summed E-state index contributed by atoms with van der Waals surface area (Å²) >= 11 is 0. The van der Waals surface area contributed by atoms with Crippen molar-refractivity contribution >= 4 is 11.5 Å². The molecule has 7 heteroatoms. The number of phenolic OH excluding ortho intramolecular Hbond substituents is 1. The third-order valence-electron chi connectivity index (χ3n) is 7.17. The van der Waals surface area contributed by atoms with Gasteiger partial charge in [-0.05, 0) is 42.5 Å². The average Bonchev–Trinajstić information content (AvgIpc) is 2.75. The zero-order valence-corrected chi connectivity index (χ0v) is 17.9. The van der Waals surface area contributed by atoms with Gasteiger partial charge in [-0.15, -0.1) is 10.2 Å². The van der Waals surface area contributed by atoms with Gasteiger partial charge in [0, 0.05) is 44.8 Å². The van der Waals surface area contributed by atoms with E-state index in [1.165, 1.54) is 13.0 Å². The number of aromatic nitrogens is 2. The minimum absolute atomic E-state index is 0.237. The van der Waals surface area contributed by atoms with Crippen LogP contribution in [-0.4, -0.2) is 72.1 Å². The van der Waals surface area contributed by atoms with Crippen LogP contribution >= 0.6 is 0 Å². The smallest absolute Gasteiger partial charge is 0.172 e. The fourth-order valence-corrected chi connectivity index (χ4v) is 5.21. The zero-order chi connectivity index (χ0) is 20.7. The Morgan fingerprint density at radius 3 is 2.90 bits per heavy atom. The number of aromatic hydroxyl groups is 1. The van der Waals surface area contributed by atoms with Crippen LogP contribution in [0.5, 0.6) is 5.75 Å². The monoisotopic (exact) mass is 408 g/mol. The summed E-state index contributed by atoms with van der Waals surface area (Å²) in [5.41, 5.74) is 2.89. The molecule has 160 valence electrons. The van der Waals surface area contributed by atoms with Crippen molar-refractivity contribution in [3.05, 3.63) is 30.3 Å². The van der Waals surface area contributed by atoms with Crippen molar-refractivity contribution in [1.29, 1.82) is 0 Å². The maximum absolute atomic E-state index is 10.2. The second-order valence-electron chi connectivity index (χ2n) is 9.62. The van der Waals surface area contributed by atoms with Gasteiger partial charge in [-0.1, -0.05) is 26.0 Å². The number of nitrogens with zero attached hydrogens (tertiary/aromatic N) is 4. The summed E-state index contributed by atoms with van der Waals surface area (Å²) in [6, 6.07) is 9.82. The van der Waals surface area contributed by atoms with Crippen LogP contribution in [0.4, 0.5) is 11.5 Å². The number of piperazine rings is 1. The van der Waals surface area contributed by atoms with Crippen LogP contribution in [0.15, 0.2) is 30.3 Å². The minimum atomic E-state index is 0.237. The summed E-state index contributed by atoms with van der Waals surface area (Å²) in [5.74, 6) is 1.83. The molecule has 7 nitrogen and oxygen atoms in total. The Balaban J connectivity index is 1.33. The average molecular weight is 409 g/mol. The fourth-order valence-electron chi connectivity index (χ4n) is 5.21. The molecule has 3 aliphatic heterocycles. The maximum atomic E-state index is 10.2. The van der Waals surface area contributed by atoms with Crippen molar-refractivity contribution in [3.8, 4) is 17.0 Å². The topological polar surface area (TPSA) is 76.5 Å². The molecule has 0 spiro atoms. The van der Waals surface area contributed by atoms with E-state index in [1.807, 2.05) is 18.2 Å². The molecule has 30 heavy (non-hydrogen) atoms. The van der Waals surface area contributed by atoms with Crippen molar-refractivity contribution in [2.24, 2.45) is 11.3 Å². The van der Waals surface area contributed by atoms with Crippen molar-refractivity contribution in [2.45, 2.75) is 26.3 Å². The lowest BCUT2D eigenvalue weighted by molar-refractivity contribution is 0.0919. The molecule has 0 radical (unpaired) electrons. The van der Waals surface area contributed by atoms with Gasteiger partial charge in [0.05, 0.1) is 17.4 Å². The fraction of sp³-hybridized carbons (Fsp3) is 0.565. The summed E-state index contributed by atoms with van der Waals surface area (Å²) in [7, 11) is 0. The van der Waals surface area contributed by atoms with E-state index >= 15 is 0 Å². The number of hydrogen-bond acceptors (Lipinski definition) is 7. The van der Waals surface area contributed by atoms with Crippen LogP contribution < -0.4 is 15.5 Å². The van der Waals surface area contributed by atoms with Gasteiger partial charge < -0.3 is 20.6 Å². The summed E-state index contributed by atoms with van der Waals surface area (Å²) in [4.78, 5) is 5.14. The number of hydrogen-bond donors (Lipinski definition) is 3. The van der Waals surface area contributed by atoms with Crippen molar-refractivity contribution in [3.63, 3.8) is 0 Å². The van der Waals surface area contributed by atoms with Crippen molar-refractivity contribution < 1.29 is 5.11 Å². The predicted molar refractivity (Wildman–Crippen MR) is 120 cm³/mol. The standard InChI is InChI=1S/C23H32N6O/c1-23(2)15-24-8-7-16(23)13-28-9-10-29-17(14-28)12-25-22-20(29)11-19(26-27-22)18-5-3-4-6-21(18)30/h3-6,11,16-17,24,30H,7-10,12-15H2,1-2H3,(H,25,27)/t16?,17-/m0/s1. The van der Waals surface area contributed by atoms with E-state index in [2.05, 4.69) is 50.5 Å². The van der Waals surface area contributed by atoms with Gasteiger partial charge in [-0.25, -0.2) is 0 Å². The van der Waals surface area contributed by atoms with E-state index in [4.69, 9.17) is 0 Å². The van der Waals surface area contributed by atoms with E-state index in [-0.39, 0.29) is 5.75 Å². The zero-order valence-electron chi connectivity index (χ0n) is 17.9. The molecule has 4 heterocycles. The van der Waals surface area contributed by atoms with Gasteiger partial charge in [-0.2, -0.15) is 0 Å². The van der Waals surface area contributed by atoms with Gasteiger partial charge in [0.2, 0.25) is 0 Å². The Bertz CT molecular complexity index is 916. The number of piperidine rings is 1. The second kappa shape index (κ2) is 7.71. The highest BCUT2D eigenvalue weighted by molar-refractivity contribution is 5.76. The Morgan fingerprint density at radius 2 is 2.07 bits per heavy atom. The third kappa shape index (κ3) is 3.61. The number of nitrogens with one attached hydrogen (secondary N) is 2. The van der Waals surface area contributed by atoms with Crippen molar-refractivity contribution in [1.82, 2.24) is 20.4 Å². The predicted octanol–water partition coefficient (Wildman–Crippen LogP) is 2.40. The van der Waals surface area contributed by atoms with E-state index in [0.717, 1.165) is 62.3 Å². The molecule has 2 saturated heterocycles. The summed E-state index contributed by atoms with van der Waals surface area (Å²) in [6.45, 7) is 12.3. The van der Waals surface area contributed by atoms with E-state index in [9.17, 15) is 5.11 Å². The van der Waals surface area contributed by atoms with Crippen molar-refractivity contribution in [2.75, 3.05) is 56.0 Å². The number of anilines is 2. The molecule has 3 aliphatic rings. The molecule has 0 saturated carbocycles. The van der Waals surface area contributed by atoms with Crippen LogP contribution in [0.2, 0.25) is 0 Å². The number of rotatable bonds is 3. The first-order chi connectivity index (χ1) is 14.5. The first kappa shape index (κ1) is 19.6. The number of benzene rings is 1. The van der Waals surface area contributed by atoms with Crippen LogP contribution in [0.3, 0.4) is 0 Å². The number of phenols is 1. The summed E-state index contributed by atoms with van der Waals surface area (Å²) in [5, 5.41) is 26.0. The maximum Gasteiger partial charge on any atom is 0.172 e. The van der Waals surface area contributed by atoms with Gasteiger partial charge in [0.15, 0.2) is 5.82 Å². The largest absolute Gasteiger partial charge is 0.507 e. The molecule has 1 aromatic carbocycles. The molecule has 2 fully saturated rings. The van der Waals surface area contributed by atoms with Gasteiger partial charge >= 0.3 is 0 Å². The molecule has 1 aromatic heterocycles. The van der Waals surface area contributed by atoms with E-state index in [1.54, 1.807) is 6.07 Å². The lowest BCUT2D eigenvalue weighted by Crippen LogP contribution is -2.59. The molecule has 0 amide bonds. The highest BCUT2D eigenvalue weighted by Crippen LogP contribution is 2.37.